The van der Waals surface area contributed by atoms with Crippen molar-refractivity contribution in [2.75, 3.05) is 6.54 Å². The molecule has 0 spiro atoms. The molecule has 0 saturated carbocycles. The molecule has 0 aliphatic rings. The summed E-state index contributed by atoms with van der Waals surface area (Å²) in [5.74, 6) is 0. The molecule has 0 unspecified atom stereocenters. The molecular formula is C31H49N. The maximum Gasteiger partial charge on any atom is 0.0576 e. The second-order valence-electron chi connectivity index (χ2n) is 9.51. The van der Waals surface area contributed by atoms with E-state index >= 15 is 0 Å². The minimum Gasteiger partial charge on any atom is -0.306 e. The third kappa shape index (κ3) is 12.4. The Hall–Kier alpha value is -1.60. The van der Waals surface area contributed by atoms with Crippen LogP contribution < -0.4 is 5.32 Å². The van der Waals surface area contributed by atoms with Gasteiger partial charge < -0.3 is 5.32 Å². The molecule has 178 valence electrons. The second kappa shape index (κ2) is 18.9. The van der Waals surface area contributed by atoms with E-state index < -0.39 is 0 Å². The lowest BCUT2D eigenvalue weighted by atomic mass is 9.98. The van der Waals surface area contributed by atoms with Crippen LogP contribution in [0.5, 0.6) is 0 Å². The van der Waals surface area contributed by atoms with Crippen LogP contribution in [-0.4, -0.2) is 6.54 Å². The largest absolute Gasteiger partial charge is 0.306 e. The van der Waals surface area contributed by atoms with E-state index in [4.69, 9.17) is 0 Å². The van der Waals surface area contributed by atoms with Crippen LogP contribution in [-0.2, 0) is 0 Å². The smallest absolute Gasteiger partial charge is 0.0576 e. The first-order valence-corrected chi connectivity index (χ1v) is 13.7. The minimum atomic E-state index is 0.300. The van der Waals surface area contributed by atoms with Crippen molar-refractivity contribution < 1.29 is 0 Å². The predicted molar refractivity (Wildman–Crippen MR) is 142 cm³/mol. The van der Waals surface area contributed by atoms with Crippen LogP contribution in [0.1, 0.15) is 127 Å². The zero-order chi connectivity index (χ0) is 22.5. The summed E-state index contributed by atoms with van der Waals surface area (Å²) >= 11 is 0. The first-order chi connectivity index (χ1) is 15.9. The van der Waals surface area contributed by atoms with Gasteiger partial charge in [-0.05, 0) is 24.1 Å². The monoisotopic (exact) mass is 435 g/mol. The summed E-state index contributed by atoms with van der Waals surface area (Å²) in [7, 11) is 0. The van der Waals surface area contributed by atoms with E-state index in [9.17, 15) is 0 Å². The zero-order valence-electron chi connectivity index (χ0n) is 20.9. The van der Waals surface area contributed by atoms with Gasteiger partial charge in [0.25, 0.3) is 0 Å². The highest BCUT2D eigenvalue weighted by molar-refractivity contribution is 5.31. The van der Waals surface area contributed by atoms with Gasteiger partial charge in [-0.15, -0.1) is 0 Å². The highest BCUT2D eigenvalue weighted by atomic mass is 14.9. The third-order valence-corrected chi connectivity index (χ3v) is 6.64. The van der Waals surface area contributed by atoms with Crippen LogP contribution in [0.4, 0.5) is 0 Å². The predicted octanol–water partition coefficient (Wildman–Crippen LogP) is 9.63. The summed E-state index contributed by atoms with van der Waals surface area (Å²) in [6.07, 6.45) is 22.8. The number of nitrogens with one attached hydrogen (secondary N) is 1. The number of rotatable bonds is 20. The fraction of sp³-hybridized carbons (Fsp3) is 0.613. The van der Waals surface area contributed by atoms with Crippen LogP contribution in [0.15, 0.2) is 60.7 Å². The molecule has 1 heteroatoms. The molecule has 0 atom stereocenters. The Balaban J connectivity index is 1.44. The van der Waals surface area contributed by atoms with E-state index in [-0.39, 0.29) is 0 Å². The van der Waals surface area contributed by atoms with Gasteiger partial charge in [-0.1, -0.05) is 164 Å². The van der Waals surface area contributed by atoms with E-state index in [2.05, 4.69) is 72.9 Å². The van der Waals surface area contributed by atoms with Gasteiger partial charge >= 0.3 is 0 Å². The maximum atomic E-state index is 3.80. The molecule has 1 N–H and O–H groups in total. The Morgan fingerprint density at radius 1 is 0.469 bits per heavy atom. The van der Waals surface area contributed by atoms with E-state index in [1.165, 1.54) is 114 Å². The number of hydrogen-bond donors (Lipinski definition) is 1. The Kier molecular flexibility index (Phi) is 15.8. The average Bonchev–Trinajstić information content (AvgIpc) is 2.84. The highest BCUT2D eigenvalue weighted by Crippen LogP contribution is 2.22. The molecular weight excluding hydrogens is 386 g/mol. The van der Waals surface area contributed by atoms with Crippen LogP contribution in [0.2, 0.25) is 0 Å². The molecule has 2 rings (SSSR count). The van der Waals surface area contributed by atoms with Crippen molar-refractivity contribution in [3.05, 3.63) is 71.8 Å². The molecule has 32 heavy (non-hydrogen) atoms. The molecule has 0 amide bonds. The quantitative estimate of drug-likeness (QED) is 0.204. The van der Waals surface area contributed by atoms with Crippen molar-refractivity contribution in [1.29, 1.82) is 0 Å². The van der Waals surface area contributed by atoms with Gasteiger partial charge in [0.05, 0.1) is 6.04 Å². The molecule has 2 aromatic rings. The van der Waals surface area contributed by atoms with Crippen molar-refractivity contribution in [1.82, 2.24) is 5.32 Å². The zero-order valence-corrected chi connectivity index (χ0v) is 20.9. The second-order valence-corrected chi connectivity index (χ2v) is 9.51. The third-order valence-electron chi connectivity index (χ3n) is 6.64. The van der Waals surface area contributed by atoms with E-state index in [0.717, 1.165) is 6.54 Å². The van der Waals surface area contributed by atoms with Gasteiger partial charge in [-0.25, -0.2) is 0 Å². The van der Waals surface area contributed by atoms with Gasteiger partial charge in [0.2, 0.25) is 0 Å². The average molecular weight is 436 g/mol. The van der Waals surface area contributed by atoms with Crippen molar-refractivity contribution in [3.8, 4) is 0 Å². The van der Waals surface area contributed by atoms with E-state index in [1.54, 1.807) is 0 Å². The molecule has 0 saturated heterocycles. The van der Waals surface area contributed by atoms with Crippen molar-refractivity contribution >= 4 is 0 Å². The van der Waals surface area contributed by atoms with E-state index in [1.807, 2.05) is 0 Å². The molecule has 0 aliphatic carbocycles. The van der Waals surface area contributed by atoms with Crippen molar-refractivity contribution in [2.24, 2.45) is 0 Å². The lowest BCUT2D eigenvalue weighted by molar-refractivity contribution is 0.518. The molecule has 0 heterocycles. The molecule has 0 aliphatic heterocycles. The number of unbranched alkanes of at least 4 members (excludes halogenated alkanes) is 15. The normalized spacial score (nSPS) is 11.3. The van der Waals surface area contributed by atoms with Gasteiger partial charge in [-0.3, -0.25) is 0 Å². The SMILES string of the molecule is CCCCCCCCCCCCCCCCCCNC(c1ccccc1)c1ccccc1. The first-order valence-electron chi connectivity index (χ1n) is 13.7. The van der Waals surface area contributed by atoms with Crippen molar-refractivity contribution in [2.45, 2.75) is 116 Å². The Morgan fingerprint density at radius 3 is 1.19 bits per heavy atom. The standard InChI is InChI=1S/C31H49N/c1-2-3-4-5-6-7-8-9-10-11-12-13-14-15-16-23-28-32-31(29-24-19-17-20-25-29)30-26-21-18-22-27-30/h17-22,24-27,31-32H,2-16,23,28H2,1H3. The molecule has 0 bridgehead atoms. The molecule has 0 fully saturated rings. The first kappa shape index (κ1) is 26.7. The van der Waals surface area contributed by atoms with Crippen molar-refractivity contribution in [3.63, 3.8) is 0 Å². The van der Waals surface area contributed by atoms with Gasteiger partial charge in [0, 0.05) is 0 Å². The lowest BCUT2D eigenvalue weighted by Gasteiger charge is -2.20. The summed E-state index contributed by atoms with van der Waals surface area (Å²) < 4.78 is 0. The van der Waals surface area contributed by atoms with Gasteiger partial charge in [0.1, 0.15) is 0 Å². The summed E-state index contributed by atoms with van der Waals surface area (Å²) in [5.41, 5.74) is 2.71. The van der Waals surface area contributed by atoms with Crippen LogP contribution in [0.3, 0.4) is 0 Å². The fourth-order valence-corrected chi connectivity index (χ4v) is 4.64. The highest BCUT2D eigenvalue weighted by Gasteiger charge is 2.12. The minimum absolute atomic E-state index is 0.300. The van der Waals surface area contributed by atoms with Crippen LogP contribution in [0, 0.1) is 0 Å². The Morgan fingerprint density at radius 2 is 0.812 bits per heavy atom. The lowest BCUT2D eigenvalue weighted by Crippen LogP contribution is -2.23. The Labute approximate surface area is 199 Å². The van der Waals surface area contributed by atoms with Crippen LogP contribution >= 0.6 is 0 Å². The molecule has 0 radical (unpaired) electrons. The maximum absolute atomic E-state index is 3.80. The molecule has 1 nitrogen and oxygen atoms in total. The molecule has 0 aromatic heterocycles. The topological polar surface area (TPSA) is 12.0 Å². The summed E-state index contributed by atoms with van der Waals surface area (Å²) in [5, 5.41) is 3.80. The summed E-state index contributed by atoms with van der Waals surface area (Å²) in [6.45, 7) is 3.39. The van der Waals surface area contributed by atoms with Crippen LogP contribution in [0.25, 0.3) is 0 Å². The summed E-state index contributed by atoms with van der Waals surface area (Å²) in [6, 6.07) is 22.0. The Bertz CT molecular complexity index is 597. The summed E-state index contributed by atoms with van der Waals surface area (Å²) in [4.78, 5) is 0. The van der Waals surface area contributed by atoms with Gasteiger partial charge in [0.15, 0.2) is 0 Å². The number of hydrogen-bond acceptors (Lipinski definition) is 1. The fourth-order valence-electron chi connectivity index (χ4n) is 4.64. The number of benzene rings is 2. The van der Waals surface area contributed by atoms with Gasteiger partial charge in [-0.2, -0.15) is 0 Å². The molecule has 2 aromatic carbocycles. The van der Waals surface area contributed by atoms with E-state index in [0.29, 0.717) is 6.04 Å².